The first-order chi connectivity index (χ1) is 15.0. The summed E-state index contributed by atoms with van der Waals surface area (Å²) in [5.41, 5.74) is 8.77. The lowest BCUT2D eigenvalue weighted by Crippen LogP contribution is -2.32. The van der Waals surface area contributed by atoms with Gasteiger partial charge in [0.15, 0.2) is 5.65 Å². The van der Waals surface area contributed by atoms with Crippen molar-refractivity contribution < 1.29 is 0 Å². The van der Waals surface area contributed by atoms with Crippen molar-refractivity contribution in [3.05, 3.63) is 59.0 Å². The van der Waals surface area contributed by atoms with E-state index in [0.717, 1.165) is 59.4 Å². The monoisotopic (exact) mass is 413 g/mol. The number of hydrogen-bond acceptors (Lipinski definition) is 4. The standard InChI is InChI=1S/C24H27N7/c1-15(2)21-22(18-11-16(3)24-26-13-27-31(24)12-18)29-20-6-5-19(28-23(20)21)17-7-9-30(10-8-17)14-25-4/h5-6,11-13,15,17,29H,7-10,14H2,1-3H3. The first-order valence-corrected chi connectivity index (χ1v) is 10.9. The van der Waals surface area contributed by atoms with Crippen LogP contribution in [0.15, 0.2) is 30.7 Å². The number of aromatic nitrogens is 5. The molecule has 0 spiro atoms. The van der Waals surface area contributed by atoms with E-state index in [-0.39, 0.29) is 0 Å². The summed E-state index contributed by atoms with van der Waals surface area (Å²) in [6.45, 7) is 16.1. The predicted molar refractivity (Wildman–Crippen MR) is 122 cm³/mol. The molecule has 5 heterocycles. The highest BCUT2D eigenvalue weighted by molar-refractivity contribution is 5.88. The molecule has 0 unspecified atom stereocenters. The average Bonchev–Trinajstić information content (AvgIpc) is 3.39. The van der Waals surface area contributed by atoms with E-state index >= 15 is 0 Å². The molecule has 0 aliphatic carbocycles. The van der Waals surface area contributed by atoms with Crippen molar-refractivity contribution in [3.63, 3.8) is 0 Å². The molecule has 158 valence electrons. The van der Waals surface area contributed by atoms with Gasteiger partial charge in [-0.2, -0.15) is 5.10 Å². The minimum Gasteiger partial charge on any atom is -0.353 e. The van der Waals surface area contributed by atoms with E-state index in [1.807, 2.05) is 10.7 Å². The van der Waals surface area contributed by atoms with E-state index < -0.39 is 0 Å². The van der Waals surface area contributed by atoms with Crippen molar-refractivity contribution in [2.45, 2.75) is 45.4 Å². The number of piperidine rings is 1. The Labute approximate surface area is 181 Å². The van der Waals surface area contributed by atoms with Crippen LogP contribution in [-0.2, 0) is 0 Å². The molecular weight excluding hydrogens is 386 g/mol. The Hall–Kier alpha value is -3.24. The number of nitrogens with one attached hydrogen (secondary N) is 1. The van der Waals surface area contributed by atoms with Gasteiger partial charge in [0.2, 0.25) is 0 Å². The molecule has 4 aromatic heterocycles. The van der Waals surface area contributed by atoms with Gasteiger partial charge in [0.1, 0.15) is 6.33 Å². The molecule has 1 aliphatic rings. The molecule has 31 heavy (non-hydrogen) atoms. The highest BCUT2D eigenvalue weighted by Crippen LogP contribution is 2.37. The first kappa shape index (κ1) is 19.7. The number of fused-ring (bicyclic) bond motifs is 2. The topological polar surface area (TPSA) is 66.5 Å². The summed E-state index contributed by atoms with van der Waals surface area (Å²) in [5.74, 6) is 0.789. The molecule has 0 atom stereocenters. The fourth-order valence-electron chi connectivity index (χ4n) is 4.82. The summed E-state index contributed by atoms with van der Waals surface area (Å²) >= 11 is 0. The number of nitrogens with zero attached hydrogens (tertiary/aromatic N) is 6. The maximum Gasteiger partial charge on any atom is 0.270 e. The second-order valence-corrected chi connectivity index (χ2v) is 8.83. The number of hydrogen-bond donors (Lipinski definition) is 1. The van der Waals surface area contributed by atoms with E-state index in [0.29, 0.717) is 18.5 Å². The van der Waals surface area contributed by atoms with Crippen LogP contribution in [0.25, 0.3) is 32.8 Å². The Morgan fingerprint density at radius 1 is 1.26 bits per heavy atom. The zero-order valence-corrected chi connectivity index (χ0v) is 18.3. The number of aromatic amines is 1. The quantitative estimate of drug-likeness (QED) is 0.490. The largest absolute Gasteiger partial charge is 0.353 e. The molecule has 1 saturated heterocycles. The van der Waals surface area contributed by atoms with Crippen molar-refractivity contribution in [2.75, 3.05) is 19.8 Å². The van der Waals surface area contributed by atoms with Crippen LogP contribution in [-0.4, -0.2) is 49.2 Å². The van der Waals surface area contributed by atoms with Crippen molar-refractivity contribution in [2.24, 2.45) is 0 Å². The summed E-state index contributed by atoms with van der Waals surface area (Å²) in [6.07, 6.45) is 5.76. The van der Waals surface area contributed by atoms with E-state index in [9.17, 15) is 0 Å². The van der Waals surface area contributed by atoms with E-state index in [1.165, 1.54) is 11.3 Å². The summed E-state index contributed by atoms with van der Waals surface area (Å²) in [6, 6.07) is 6.53. The second-order valence-electron chi connectivity index (χ2n) is 8.83. The van der Waals surface area contributed by atoms with Crippen molar-refractivity contribution in [1.29, 1.82) is 0 Å². The van der Waals surface area contributed by atoms with Gasteiger partial charge in [-0.25, -0.2) is 21.0 Å². The molecule has 7 nitrogen and oxygen atoms in total. The third-order valence-corrected chi connectivity index (χ3v) is 6.40. The molecule has 0 amide bonds. The Bertz CT molecular complexity index is 1280. The van der Waals surface area contributed by atoms with Crippen LogP contribution >= 0.6 is 0 Å². The number of H-pyrrole nitrogens is 1. The molecule has 7 heteroatoms. The van der Waals surface area contributed by atoms with Gasteiger partial charge in [-0.3, -0.25) is 9.83 Å². The van der Waals surface area contributed by atoms with Gasteiger partial charge >= 0.3 is 0 Å². The summed E-state index contributed by atoms with van der Waals surface area (Å²) < 4.78 is 1.84. The smallest absolute Gasteiger partial charge is 0.270 e. The zero-order chi connectivity index (χ0) is 21.5. The molecular formula is C24H27N7. The third-order valence-electron chi connectivity index (χ3n) is 6.40. The van der Waals surface area contributed by atoms with Gasteiger partial charge in [-0.15, -0.1) is 0 Å². The molecule has 1 aliphatic heterocycles. The van der Waals surface area contributed by atoms with Crippen LogP contribution < -0.4 is 0 Å². The average molecular weight is 414 g/mol. The van der Waals surface area contributed by atoms with Gasteiger partial charge in [-0.05, 0) is 49.4 Å². The van der Waals surface area contributed by atoms with Crippen molar-refractivity contribution in [1.82, 2.24) is 29.5 Å². The Morgan fingerprint density at radius 3 is 2.81 bits per heavy atom. The Kier molecular flexibility index (Phi) is 4.95. The predicted octanol–water partition coefficient (Wildman–Crippen LogP) is 4.76. The van der Waals surface area contributed by atoms with Crippen LogP contribution in [0.4, 0.5) is 0 Å². The Morgan fingerprint density at radius 2 is 2.06 bits per heavy atom. The molecule has 1 N–H and O–H groups in total. The van der Waals surface area contributed by atoms with Crippen LogP contribution in [0, 0.1) is 13.5 Å². The molecule has 0 aromatic carbocycles. The number of pyridine rings is 2. The van der Waals surface area contributed by atoms with Crippen molar-refractivity contribution in [3.8, 4) is 11.3 Å². The number of aryl methyl sites for hydroxylation is 1. The summed E-state index contributed by atoms with van der Waals surface area (Å²) in [5, 5.41) is 4.34. The fourth-order valence-corrected chi connectivity index (χ4v) is 4.82. The minimum atomic E-state index is 0.332. The summed E-state index contributed by atoms with van der Waals surface area (Å²) in [4.78, 5) is 18.9. The third kappa shape index (κ3) is 3.47. The van der Waals surface area contributed by atoms with E-state index in [2.05, 4.69) is 63.8 Å². The highest BCUT2D eigenvalue weighted by Gasteiger charge is 2.24. The molecule has 0 saturated carbocycles. The molecule has 0 bridgehead atoms. The Balaban J connectivity index is 1.56. The van der Waals surface area contributed by atoms with Crippen LogP contribution in [0.1, 0.15) is 55.3 Å². The van der Waals surface area contributed by atoms with Crippen molar-refractivity contribution >= 4 is 16.7 Å². The number of rotatable bonds is 4. The lowest BCUT2D eigenvalue weighted by Gasteiger charge is -2.28. The molecule has 1 fully saturated rings. The number of likely N-dealkylation sites (tertiary alicyclic amines) is 1. The van der Waals surface area contributed by atoms with Gasteiger partial charge < -0.3 is 4.98 Å². The van der Waals surface area contributed by atoms with E-state index in [1.54, 1.807) is 6.33 Å². The maximum absolute atomic E-state index is 7.09. The van der Waals surface area contributed by atoms with E-state index in [4.69, 9.17) is 11.6 Å². The van der Waals surface area contributed by atoms with Crippen LogP contribution in [0.5, 0.6) is 0 Å². The van der Waals surface area contributed by atoms with Gasteiger partial charge in [0.05, 0.1) is 16.7 Å². The van der Waals surface area contributed by atoms with Gasteiger partial charge in [-0.1, -0.05) is 13.8 Å². The fraction of sp³-hybridized carbons (Fsp3) is 0.417. The van der Waals surface area contributed by atoms with Gasteiger partial charge in [0.25, 0.3) is 6.67 Å². The SMILES string of the molecule is [C-]#[N+]CN1CCC(c2ccc3[nH]c(-c4cc(C)c5ncnn5c4)c(C(C)C)c3n2)CC1. The van der Waals surface area contributed by atoms with Crippen LogP contribution in [0.3, 0.4) is 0 Å². The minimum absolute atomic E-state index is 0.332. The second kappa shape index (κ2) is 7.78. The zero-order valence-electron chi connectivity index (χ0n) is 18.3. The lowest BCUT2D eigenvalue weighted by atomic mass is 9.92. The summed E-state index contributed by atoms with van der Waals surface area (Å²) in [7, 11) is 0. The molecule has 4 aromatic rings. The van der Waals surface area contributed by atoms with Crippen LogP contribution in [0.2, 0.25) is 0 Å². The molecule has 0 radical (unpaired) electrons. The highest BCUT2D eigenvalue weighted by atomic mass is 15.3. The first-order valence-electron chi connectivity index (χ1n) is 10.9. The lowest BCUT2D eigenvalue weighted by molar-refractivity contribution is 0.230. The maximum atomic E-state index is 7.09. The molecule has 5 rings (SSSR count). The van der Waals surface area contributed by atoms with Gasteiger partial charge in [0, 0.05) is 42.0 Å². The normalized spacial score (nSPS) is 15.8.